The van der Waals surface area contributed by atoms with E-state index in [2.05, 4.69) is 41.7 Å². The van der Waals surface area contributed by atoms with Crippen LogP contribution in [0.25, 0.3) is 0 Å². The molecule has 0 aromatic carbocycles. The highest BCUT2D eigenvalue weighted by Gasteiger charge is 2.31. The van der Waals surface area contributed by atoms with Gasteiger partial charge in [-0.15, -0.1) is 11.3 Å². The van der Waals surface area contributed by atoms with Crippen molar-refractivity contribution in [2.24, 2.45) is 0 Å². The van der Waals surface area contributed by atoms with Crippen molar-refractivity contribution in [1.29, 1.82) is 0 Å². The monoisotopic (exact) mass is 210 g/mol. The summed E-state index contributed by atoms with van der Waals surface area (Å²) in [7, 11) is 2.23. The normalized spacial score (nSPS) is 29.3. The van der Waals surface area contributed by atoms with E-state index in [4.69, 9.17) is 0 Å². The van der Waals surface area contributed by atoms with Crippen LogP contribution in [0.1, 0.15) is 11.8 Å². The zero-order valence-corrected chi connectivity index (χ0v) is 9.73. The summed E-state index contributed by atoms with van der Waals surface area (Å²) in [5.74, 6) is 0. The summed E-state index contributed by atoms with van der Waals surface area (Å²) >= 11 is 1.86. The fourth-order valence-electron chi connectivity index (χ4n) is 2.00. The van der Waals surface area contributed by atoms with Crippen LogP contribution in [0.15, 0.2) is 17.5 Å². The van der Waals surface area contributed by atoms with Crippen molar-refractivity contribution in [1.82, 2.24) is 10.2 Å². The number of nitrogens with zero attached hydrogens (tertiary/aromatic N) is 1. The van der Waals surface area contributed by atoms with Crippen molar-refractivity contribution in [3.05, 3.63) is 22.4 Å². The topological polar surface area (TPSA) is 15.3 Å². The second-order valence-corrected chi connectivity index (χ2v) is 5.38. The molecule has 1 aromatic rings. The van der Waals surface area contributed by atoms with Gasteiger partial charge < -0.3 is 5.32 Å². The fourth-order valence-corrected chi connectivity index (χ4v) is 2.88. The molecule has 0 amide bonds. The van der Waals surface area contributed by atoms with E-state index in [9.17, 15) is 0 Å². The molecule has 1 aromatic heterocycles. The van der Waals surface area contributed by atoms with Gasteiger partial charge in [-0.2, -0.15) is 0 Å². The SMILES string of the molecule is CN1CCNC[C@]1(C)Cc1cccs1. The number of hydrogen-bond acceptors (Lipinski definition) is 3. The summed E-state index contributed by atoms with van der Waals surface area (Å²) in [4.78, 5) is 3.96. The zero-order chi connectivity index (χ0) is 10.0. The van der Waals surface area contributed by atoms with Crippen LogP contribution in [-0.2, 0) is 6.42 Å². The smallest absolute Gasteiger partial charge is 0.0351 e. The number of nitrogens with one attached hydrogen (secondary N) is 1. The third-order valence-corrected chi connectivity index (χ3v) is 4.06. The molecule has 1 N–H and O–H groups in total. The molecule has 0 bridgehead atoms. The van der Waals surface area contributed by atoms with Crippen LogP contribution in [0.4, 0.5) is 0 Å². The molecule has 0 unspecified atom stereocenters. The van der Waals surface area contributed by atoms with Crippen LogP contribution >= 0.6 is 11.3 Å². The highest BCUT2D eigenvalue weighted by molar-refractivity contribution is 7.09. The highest BCUT2D eigenvalue weighted by Crippen LogP contribution is 2.23. The lowest BCUT2D eigenvalue weighted by Gasteiger charge is -2.43. The molecular formula is C11H18N2S. The maximum absolute atomic E-state index is 3.48. The Hall–Kier alpha value is -0.380. The average molecular weight is 210 g/mol. The van der Waals surface area contributed by atoms with Crippen LogP contribution in [0.2, 0.25) is 0 Å². The molecule has 1 aliphatic rings. The third kappa shape index (κ3) is 2.00. The first kappa shape index (κ1) is 10.1. The predicted molar refractivity (Wildman–Crippen MR) is 61.9 cm³/mol. The van der Waals surface area contributed by atoms with Crippen LogP contribution in [-0.4, -0.2) is 37.1 Å². The van der Waals surface area contributed by atoms with Gasteiger partial charge in [0.1, 0.15) is 0 Å². The van der Waals surface area contributed by atoms with Crippen molar-refractivity contribution in [3.63, 3.8) is 0 Å². The standard InChI is InChI=1S/C11H18N2S/c1-11(8-10-4-3-7-14-10)9-12-5-6-13(11)2/h3-4,7,12H,5-6,8-9H2,1-2H3/t11-/m0/s1. The zero-order valence-electron chi connectivity index (χ0n) is 8.92. The molecule has 1 aliphatic heterocycles. The van der Waals surface area contributed by atoms with Gasteiger partial charge in [-0.05, 0) is 25.4 Å². The van der Waals surface area contributed by atoms with Gasteiger partial charge in [0, 0.05) is 36.5 Å². The molecular weight excluding hydrogens is 192 g/mol. The van der Waals surface area contributed by atoms with Gasteiger partial charge in [0.25, 0.3) is 0 Å². The van der Waals surface area contributed by atoms with E-state index in [0.717, 1.165) is 26.1 Å². The van der Waals surface area contributed by atoms with Crippen molar-refractivity contribution < 1.29 is 0 Å². The predicted octanol–water partition coefficient (Wildman–Crippen LogP) is 1.58. The molecule has 0 saturated carbocycles. The molecule has 14 heavy (non-hydrogen) atoms. The molecule has 2 nitrogen and oxygen atoms in total. The molecule has 1 fully saturated rings. The van der Waals surface area contributed by atoms with E-state index >= 15 is 0 Å². The first-order valence-electron chi connectivity index (χ1n) is 5.15. The average Bonchev–Trinajstić information content (AvgIpc) is 2.63. The second kappa shape index (κ2) is 4.01. The molecule has 3 heteroatoms. The van der Waals surface area contributed by atoms with E-state index < -0.39 is 0 Å². The number of likely N-dealkylation sites (N-methyl/N-ethyl adjacent to an activating group) is 1. The van der Waals surface area contributed by atoms with Gasteiger partial charge in [0.05, 0.1) is 0 Å². The lowest BCUT2D eigenvalue weighted by molar-refractivity contribution is 0.106. The maximum Gasteiger partial charge on any atom is 0.0351 e. The Kier molecular flexibility index (Phi) is 2.91. The summed E-state index contributed by atoms with van der Waals surface area (Å²) < 4.78 is 0. The van der Waals surface area contributed by atoms with Crippen LogP contribution in [0.3, 0.4) is 0 Å². The Labute approximate surface area is 89.9 Å². The largest absolute Gasteiger partial charge is 0.314 e. The maximum atomic E-state index is 3.48. The lowest BCUT2D eigenvalue weighted by atomic mass is 9.93. The second-order valence-electron chi connectivity index (χ2n) is 4.35. The molecule has 1 saturated heterocycles. The third-order valence-electron chi connectivity index (χ3n) is 3.19. The van der Waals surface area contributed by atoms with Crippen LogP contribution in [0, 0.1) is 0 Å². The first-order chi connectivity index (χ1) is 6.71. The Morgan fingerprint density at radius 2 is 2.50 bits per heavy atom. The Balaban J connectivity index is 2.07. The van der Waals surface area contributed by atoms with Gasteiger partial charge >= 0.3 is 0 Å². The summed E-state index contributed by atoms with van der Waals surface area (Å²) in [6, 6.07) is 4.37. The van der Waals surface area contributed by atoms with E-state index in [1.165, 1.54) is 4.88 Å². The number of piperazine rings is 1. The van der Waals surface area contributed by atoms with E-state index in [-0.39, 0.29) is 0 Å². The van der Waals surface area contributed by atoms with Crippen LogP contribution in [0.5, 0.6) is 0 Å². The van der Waals surface area contributed by atoms with E-state index in [1.807, 2.05) is 11.3 Å². The molecule has 0 aliphatic carbocycles. The molecule has 1 atom stereocenters. The van der Waals surface area contributed by atoms with E-state index in [0.29, 0.717) is 5.54 Å². The first-order valence-corrected chi connectivity index (χ1v) is 6.03. The van der Waals surface area contributed by atoms with Crippen molar-refractivity contribution >= 4 is 11.3 Å². The van der Waals surface area contributed by atoms with Crippen LogP contribution < -0.4 is 5.32 Å². The molecule has 0 radical (unpaired) electrons. The molecule has 2 rings (SSSR count). The minimum absolute atomic E-state index is 0.295. The van der Waals surface area contributed by atoms with Gasteiger partial charge in [-0.3, -0.25) is 4.90 Å². The fraction of sp³-hybridized carbons (Fsp3) is 0.636. The Morgan fingerprint density at radius 3 is 3.14 bits per heavy atom. The lowest BCUT2D eigenvalue weighted by Crippen LogP contribution is -2.58. The van der Waals surface area contributed by atoms with Crippen molar-refractivity contribution in [3.8, 4) is 0 Å². The van der Waals surface area contributed by atoms with Gasteiger partial charge in [0.15, 0.2) is 0 Å². The summed E-state index contributed by atoms with van der Waals surface area (Å²) in [6.07, 6.45) is 1.16. The number of hydrogen-bond donors (Lipinski definition) is 1. The Bertz CT molecular complexity index is 283. The van der Waals surface area contributed by atoms with Crippen molar-refractivity contribution in [2.75, 3.05) is 26.7 Å². The molecule has 78 valence electrons. The van der Waals surface area contributed by atoms with Gasteiger partial charge in [-0.25, -0.2) is 0 Å². The summed E-state index contributed by atoms with van der Waals surface area (Å²) in [5.41, 5.74) is 0.295. The highest BCUT2D eigenvalue weighted by atomic mass is 32.1. The molecule has 0 spiro atoms. The Morgan fingerprint density at radius 1 is 1.64 bits per heavy atom. The van der Waals surface area contributed by atoms with E-state index in [1.54, 1.807) is 0 Å². The minimum atomic E-state index is 0.295. The quantitative estimate of drug-likeness (QED) is 0.797. The molecule has 2 heterocycles. The van der Waals surface area contributed by atoms with Gasteiger partial charge in [0.2, 0.25) is 0 Å². The minimum Gasteiger partial charge on any atom is -0.314 e. The van der Waals surface area contributed by atoms with Crippen molar-refractivity contribution in [2.45, 2.75) is 18.9 Å². The summed E-state index contributed by atoms with van der Waals surface area (Å²) in [5, 5.41) is 5.64. The van der Waals surface area contributed by atoms with Gasteiger partial charge in [-0.1, -0.05) is 6.07 Å². The number of thiophene rings is 1. The summed E-state index contributed by atoms with van der Waals surface area (Å²) in [6.45, 7) is 5.72. The number of rotatable bonds is 2.